The van der Waals surface area contributed by atoms with Gasteiger partial charge in [0.25, 0.3) is 0 Å². The number of sulfonamides is 1. The minimum absolute atomic E-state index is 0.00606. The van der Waals surface area contributed by atoms with E-state index in [1.807, 2.05) is 0 Å². The zero-order valence-corrected chi connectivity index (χ0v) is 12.9. The molecule has 0 radical (unpaired) electrons. The van der Waals surface area contributed by atoms with Gasteiger partial charge in [-0.05, 0) is 36.0 Å². The molecule has 1 aliphatic heterocycles. The normalized spacial score (nSPS) is 21.3. The molecular formula is C14H21FN2O2S. The van der Waals surface area contributed by atoms with E-state index in [4.69, 9.17) is 5.73 Å². The molecule has 2 rings (SSSR count). The Morgan fingerprint density at radius 1 is 1.35 bits per heavy atom. The molecule has 112 valence electrons. The smallest absolute Gasteiger partial charge is 0.245 e. The van der Waals surface area contributed by atoms with Crippen molar-refractivity contribution in [3.8, 4) is 0 Å². The Hall–Kier alpha value is -1.14. The number of rotatable bonds is 2. The highest BCUT2D eigenvalue weighted by atomic mass is 32.2. The molecule has 0 bridgehead atoms. The number of hydrogen-bond donors (Lipinski definition) is 1. The Labute approximate surface area is 119 Å². The number of halogens is 1. The van der Waals surface area contributed by atoms with E-state index < -0.39 is 15.8 Å². The molecule has 4 nitrogen and oxygen atoms in total. The van der Waals surface area contributed by atoms with Crippen molar-refractivity contribution in [3.63, 3.8) is 0 Å². The van der Waals surface area contributed by atoms with Gasteiger partial charge in [0.15, 0.2) is 0 Å². The fourth-order valence-electron chi connectivity index (χ4n) is 2.55. The largest absolute Gasteiger partial charge is 0.398 e. The van der Waals surface area contributed by atoms with E-state index in [0.717, 1.165) is 18.6 Å². The number of anilines is 1. The van der Waals surface area contributed by atoms with Crippen LogP contribution in [-0.2, 0) is 10.0 Å². The lowest BCUT2D eigenvalue weighted by Crippen LogP contribution is -2.31. The summed E-state index contributed by atoms with van der Waals surface area (Å²) in [6.07, 6.45) is 0.837. The van der Waals surface area contributed by atoms with Gasteiger partial charge < -0.3 is 5.73 Å². The summed E-state index contributed by atoms with van der Waals surface area (Å²) < 4.78 is 39.6. The molecule has 0 aliphatic carbocycles. The third kappa shape index (κ3) is 2.81. The molecule has 0 spiro atoms. The minimum atomic E-state index is -3.64. The third-order valence-electron chi connectivity index (χ3n) is 3.97. The van der Waals surface area contributed by atoms with Gasteiger partial charge in [0, 0.05) is 13.1 Å². The van der Waals surface area contributed by atoms with Crippen LogP contribution in [0, 0.1) is 17.2 Å². The molecule has 1 saturated heterocycles. The summed E-state index contributed by atoms with van der Waals surface area (Å²) in [5.41, 5.74) is 5.68. The molecule has 0 saturated carbocycles. The molecule has 6 heteroatoms. The van der Waals surface area contributed by atoms with Crippen LogP contribution in [0.25, 0.3) is 0 Å². The number of nitrogens with zero attached hydrogens (tertiary/aromatic N) is 1. The SMILES string of the molecule is CC(C)(C)C1CCN(S(=O)(=O)c2ccc(F)cc2N)C1. The average Bonchev–Trinajstić information content (AvgIpc) is 2.77. The van der Waals surface area contributed by atoms with Crippen LogP contribution in [-0.4, -0.2) is 25.8 Å². The van der Waals surface area contributed by atoms with Crippen molar-refractivity contribution in [3.05, 3.63) is 24.0 Å². The standard InChI is InChI=1S/C14H21FN2O2S/c1-14(2,3)10-6-7-17(9-10)20(18,19)13-5-4-11(15)8-12(13)16/h4-5,8,10H,6-7,9,16H2,1-3H3. The molecule has 1 aliphatic rings. The topological polar surface area (TPSA) is 63.4 Å². The molecule has 1 aromatic carbocycles. The van der Waals surface area contributed by atoms with Crippen molar-refractivity contribution < 1.29 is 12.8 Å². The Morgan fingerprint density at radius 3 is 2.50 bits per heavy atom. The van der Waals surface area contributed by atoms with E-state index in [1.165, 1.54) is 10.4 Å². The van der Waals surface area contributed by atoms with Crippen LogP contribution in [0.5, 0.6) is 0 Å². The molecule has 0 aromatic heterocycles. The lowest BCUT2D eigenvalue weighted by atomic mass is 9.80. The van der Waals surface area contributed by atoms with Gasteiger partial charge in [-0.25, -0.2) is 12.8 Å². The summed E-state index contributed by atoms with van der Waals surface area (Å²) in [6, 6.07) is 3.41. The average molecular weight is 300 g/mol. The second kappa shape index (κ2) is 5.00. The van der Waals surface area contributed by atoms with Gasteiger partial charge in [-0.1, -0.05) is 20.8 Å². The Bertz CT molecular complexity index is 608. The fourth-order valence-corrected chi connectivity index (χ4v) is 4.14. The maximum absolute atomic E-state index is 13.0. The first-order valence-electron chi connectivity index (χ1n) is 6.67. The van der Waals surface area contributed by atoms with E-state index in [2.05, 4.69) is 20.8 Å². The van der Waals surface area contributed by atoms with Crippen LogP contribution in [0.15, 0.2) is 23.1 Å². The van der Waals surface area contributed by atoms with E-state index in [9.17, 15) is 12.8 Å². The van der Waals surface area contributed by atoms with E-state index in [0.29, 0.717) is 19.0 Å². The number of nitrogens with two attached hydrogens (primary N) is 1. The first kappa shape index (κ1) is 15.3. The lowest BCUT2D eigenvalue weighted by molar-refractivity contribution is 0.252. The summed E-state index contributed by atoms with van der Waals surface area (Å²) in [7, 11) is -3.64. The zero-order chi connectivity index (χ0) is 15.1. The molecule has 2 N–H and O–H groups in total. The van der Waals surface area contributed by atoms with Gasteiger partial charge >= 0.3 is 0 Å². The second-order valence-corrected chi connectivity index (χ2v) is 8.30. The molecule has 1 fully saturated rings. The lowest BCUT2D eigenvalue weighted by Gasteiger charge is -2.27. The monoisotopic (exact) mass is 300 g/mol. The predicted octanol–water partition coefficient (Wildman–Crippen LogP) is 2.46. The summed E-state index contributed by atoms with van der Waals surface area (Å²) in [4.78, 5) is -0.00606. The van der Waals surface area contributed by atoms with Crippen LogP contribution >= 0.6 is 0 Å². The number of nitrogen functional groups attached to an aromatic ring is 1. The van der Waals surface area contributed by atoms with Gasteiger partial charge in [-0.15, -0.1) is 0 Å². The van der Waals surface area contributed by atoms with Gasteiger partial charge in [-0.2, -0.15) is 4.31 Å². The fraction of sp³-hybridized carbons (Fsp3) is 0.571. The van der Waals surface area contributed by atoms with Crippen LogP contribution in [0.4, 0.5) is 10.1 Å². The highest BCUT2D eigenvalue weighted by Gasteiger charge is 2.38. The van der Waals surface area contributed by atoms with Crippen molar-refractivity contribution in [1.82, 2.24) is 4.31 Å². The molecule has 1 heterocycles. The minimum Gasteiger partial charge on any atom is -0.398 e. The van der Waals surface area contributed by atoms with Crippen LogP contribution < -0.4 is 5.73 Å². The van der Waals surface area contributed by atoms with Crippen molar-refractivity contribution in [1.29, 1.82) is 0 Å². The Balaban J connectivity index is 2.28. The first-order chi connectivity index (χ1) is 9.12. The predicted molar refractivity (Wildman–Crippen MR) is 77.1 cm³/mol. The van der Waals surface area contributed by atoms with E-state index in [1.54, 1.807) is 0 Å². The molecule has 0 amide bonds. The van der Waals surface area contributed by atoms with Gasteiger partial charge in [0.2, 0.25) is 10.0 Å². The maximum Gasteiger partial charge on any atom is 0.245 e. The molecule has 1 aromatic rings. The first-order valence-corrected chi connectivity index (χ1v) is 8.11. The van der Waals surface area contributed by atoms with Crippen LogP contribution in [0.3, 0.4) is 0 Å². The highest BCUT2D eigenvalue weighted by molar-refractivity contribution is 7.89. The van der Waals surface area contributed by atoms with Crippen molar-refractivity contribution >= 4 is 15.7 Å². The molecule has 1 unspecified atom stereocenters. The van der Waals surface area contributed by atoms with Crippen LogP contribution in [0.2, 0.25) is 0 Å². The van der Waals surface area contributed by atoms with Crippen molar-refractivity contribution in [2.24, 2.45) is 11.3 Å². The molecule has 20 heavy (non-hydrogen) atoms. The summed E-state index contributed by atoms with van der Waals surface area (Å²) in [6.45, 7) is 7.31. The Kier molecular flexibility index (Phi) is 3.81. The van der Waals surface area contributed by atoms with Crippen molar-refractivity contribution in [2.75, 3.05) is 18.8 Å². The zero-order valence-electron chi connectivity index (χ0n) is 12.1. The second-order valence-electron chi connectivity index (χ2n) is 6.40. The quantitative estimate of drug-likeness (QED) is 0.853. The maximum atomic E-state index is 13.0. The van der Waals surface area contributed by atoms with E-state index >= 15 is 0 Å². The number of benzene rings is 1. The summed E-state index contributed by atoms with van der Waals surface area (Å²) in [5, 5.41) is 0. The highest BCUT2D eigenvalue weighted by Crippen LogP contribution is 2.36. The number of hydrogen-bond acceptors (Lipinski definition) is 3. The summed E-state index contributed by atoms with van der Waals surface area (Å²) >= 11 is 0. The third-order valence-corrected chi connectivity index (χ3v) is 5.90. The molecular weight excluding hydrogens is 279 g/mol. The summed E-state index contributed by atoms with van der Waals surface area (Å²) in [5.74, 6) is -0.214. The van der Waals surface area contributed by atoms with Gasteiger partial charge in [0.05, 0.1) is 5.69 Å². The van der Waals surface area contributed by atoms with E-state index in [-0.39, 0.29) is 16.0 Å². The van der Waals surface area contributed by atoms with Crippen LogP contribution in [0.1, 0.15) is 27.2 Å². The van der Waals surface area contributed by atoms with Gasteiger partial charge in [0.1, 0.15) is 10.7 Å². The Morgan fingerprint density at radius 2 is 2.00 bits per heavy atom. The molecule has 1 atom stereocenters. The van der Waals surface area contributed by atoms with Gasteiger partial charge in [-0.3, -0.25) is 0 Å². The van der Waals surface area contributed by atoms with Crippen molar-refractivity contribution in [2.45, 2.75) is 32.1 Å².